The molecule has 0 atom stereocenters. The van der Waals surface area contributed by atoms with Crippen LogP contribution in [0.15, 0.2) is 60.8 Å². The van der Waals surface area contributed by atoms with Crippen molar-refractivity contribution in [3.05, 3.63) is 66.4 Å². The number of aromatic nitrogens is 3. The molecule has 1 N–H and O–H groups in total. The fourth-order valence-electron chi connectivity index (χ4n) is 2.60. The summed E-state index contributed by atoms with van der Waals surface area (Å²) in [4.78, 5) is 18.3. The number of rotatable bonds is 7. The number of para-hydroxylation sites is 1. The van der Waals surface area contributed by atoms with Crippen molar-refractivity contribution in [2.45, 2.75) is 13.8 Å². The van der Waals surface area contributed by atoms with Crippen molar-refractivity contribution in [2.75, 3.05) is 23.4 Å². The lowest BCUT2D eigenvalue weighted by molar-refractivity contribution is 0.0526. The zero-order valence-corrected chi connectivity index (χ0v) is 15.3. The van der Waals surface area contributed by atoms with Crippen molar-refractivity contribution in [3.8, 4) is 0 Å². The molecule has 0 unspecified atom stereocenters. The van der Waals surface area contributed by atoms with Gasteiger partial charge in [-0.05, 0) is 50.2 Å². The number of hydrogen-bond donors (Lipinski definition) is 1. The second-order valence-electron chi connectivity index (χ2n) is 5.64. The van der Waals surface area contributed by atoms with Crippen LogP contribution in [-0.2, 0) is 4.74 Å². The van der Waals surface area contributed by atoms with Gasteiger partial charge in [-0.1, -0.05) is 18.2 Å². The molecule has 0 saturated heterocycles. The van der Waals surface area contributed by atoms with E-state index in [-0.39, 0.29) is 5.97 Å². The van der Waals surface area contributed by atoms with Crippen LogP contribution < -0.4 is 10.2 Å². The van der Waals surface area contributed by atoms with Gasteiger partial charge < -0.3 is 15.0 Å². The number of ether oxygens (including phenoxy) is 1. The Morgan fingerprint density at radius 2 is 1.81 bits per heavy atom. The van der Waals surface area contributed by atoms with Crippen LogP contribution >= 0.6 is 0 Å². The summed E-state index contributed by atoms with van der Waals surface area (Å²) in [6, 6.07) is 16.9. The summed E-state index contributed by atoms with van der Waals surface area (Å²) in [5.74, 6) is 0.737. The second kappa shape index (κ2) is 8.75. The van der Waals surface area contributed by atoms with Gasteiger partial charge >= 0.3 is 5.97 Å². The van der Waals surface area contributed by atoms with Crippen molar-refractivity contribution in [1.82, 2.24) is 15.2 Å². The van der Waals surface area contributed by atoms with Gasteiger partial charge in [0, 0.05) is 17.9 Å². The topological polar surface area (TPSA) is 80.2 Å². The maximum atomic E-state index is 11.7. The molecule has 0 aliphatic carbocycles. The first kappa shape index (κ1) is 18.3. The molecule has 138 valence electrons. The minimum atomic E-state index is -0.342. The monoisotopic (exact) mass is 363 g/mol. The van der Waals surface area contributed by atoms with Crippen molar-refractivity contribution in [3.63, 3.8) is 0 Å². The lowest BCUT2D eigenvalue weighted by atomic mass is 10.2. The van der Waals surface area contributed by atoms with Gasteiger partial charge in [-0.25, -0.2) is 4.79 Å². The van der Waals surface area contributed by atoms with Crippen LogP contribution in [0.1, 0.15) is 24.2 Å². The summed E-state index contributed by atoms with van der Waals surface area (Å²) in [6.07, 6.45) is 1.63. The van der Waals surface area contributed by atoms with Gasteiger partial charge in [0.15, 0.2) is 5.82 Å². The highest BCUT2D eigenvalue weighted by Crippen LogP contribution is 2.23. The molecule has 0 radical (unpaired) electrons. The summed E-state index contributed by atoms with van der Waals surface area (Å²) in [5.41, 5.74) is 2.28. The van der Waals surface area contributed by atoms with Crippen LogP contribution in [0, 0.1) is 0 Å². The highest BCUT2D eigenvalue weighted by Gasteiger charge is 2.11. The van der Waals surface area contributed by atoms with Crippen LogP contribution in [0.5, 0.6) is 0 Å². The molecule has 3 aromatic rings. The summed E-state index contributed by atoms with van der Waals surface area (Å²) >= 11 is 0. The lowest BCUT2D eigenvalue weighted by Crippen LogP contribution is -2.18. The third-order valence-electron chi connectivity index (χ3n) is 3.86. The predicted octanol–water partition coefficient (Wildman–Crippen LogP) is 3.95. The third-order valence-corrected chi connectivity index (χ3v) is 3.86. The molecular formula is C20H21N5O2. The van der Waals surface area contributed by atoms with Gasteiger partial charge in [0.25, 0.3) is 0 Å². The van der Waals surface area contributed by atoms with Crippen molar-refractivity contribution in [2.24, 2.45) is 0 Å². The number of anilines is 4. The molecule has 0 bridgehead atoms. The van der Waals surface area contributed by atoms with Gasteiger partial charge in [-0.3, -0.25) is 0 Å². The predicted molar refractivity (Wildman–Crippen MR) is 105 cm³/mol. The molecule has 0 fully saturated rings. The van der Waals surface area contributed by atoms with E-state index in [0.29, 0.717) is 23.9 Å². The number of hydrogen-bond acceptors (Lipinski definition) is 7. The number of nitrogens with one attached hydrogen (secondary N) is 1. The number of benzene rings is 2. The fourth-order valence-corrected chi connectivity index (χ4v) is 2.60. The highest BCUT2D eigenvalue weighted by molar-refractivity contribution is 5.89. The van der Waals surface area contributed by atoms with E-state index in [4.69, 9.17) is 4.74 Å². The van der Waals surface area contributed by atoms with E-state index in [9.17, 15) is 4.79 Å². The van der Waals surface area contributed by atoms with Crippen molar-refractivity contribution < 1.29 is 9.53 Å². The molecule has 1 heterocycles. The Bertz CT molecular complexity index is 884. The van der Waals surface area contributed by atoms with Crippen LogP contribution in [0.3, 0.4) is 0 Å². The average Bonchev–Trinajstić information content (AvgIpc) is 2.70. The molecule has 2 aromatic carbocycles. The zero-order chi connectivity index (χ0) is 19.1. The van der Waals surface area contributed by atoms with Gasteiger partial charge in [0.2, 0.25) is 5.95 Å². The molecule has 0 spiro atoms. The summed E-state index contributed by atoms with van der Waals surface area (Å²) in [5, 5.41) is 11.2. The van der Waals surface area contributed by atoms with Crippen molar-refractivity contribution >= 4 is 29.1 Å². The molecule has 3 rings (SSSR count). The van der Waals surface area contributed by atoms with E-state index in [0.717, 1.165) is 17.9 Å². The first-order chi connectivity index (χ1) is 13.2. The number of carbonyl (C=O) groups excluding carboxylic acids is 1. The standard InChI is InChI=1S/C20H21N5O2/c1-3-25(17-8-6-5-7-9-17)18-14-21-24-20(23-18)22-16-12-10-15(11-13-16)19(26)27-4-2/h5-14H,3-4H2,1-2H3,(H,22,23,24). The molecule has 0 aliphatic heterocycles. The fraction of sp³-hybridized carbons (Fsp3) is 0.200. The molecule has 0 saturated carbocycles. The smallest absolute Gasteiger partial charge is 0.338 e. The maximum absolute atomic E-state index is 11.7. The Morgan fingerprint density at radius 3 is 2.48 bits per heavy atom. The van der Waals surface area contributed by atoms with E-state index in [1.165, 1.54) is 0 Å². The maximum Gasteiger partial charge on any atom is 0.338 e. The largest absolute Gasteiger partial charge is 0.462 e. The van der Waals surface area contributed by atoms with Gasteiger partial charge in [0.05, 0.1) is 18.4 Å². The molecule has 0 amide bonds. The minimum Gasteiger partial charge on any atom is -0.462 e. The van der Waals surface area contributed by atoms with Crippen LogP contribution in [0.2, 0.25) is 0 Å². The normalized spacial score (nSPS) is 10.3. The van der Waals surface area contributed by atoms with E-state index < -0.39 is 0 Å². The summed E-state index contributed by atoms with van der Waals surface area (Å²) in [6.45, 7) is 4.92. The Balaban J connectivity index is 1.77. The molecule has 1 aromatic heterocycles. The van der Waals surface area contributed by atoms with Gasteiger partial charge in [0.1, 0.15) is 0 Å². The summed E-state index contributed by atoms with van der Waals surface area (Å²) in [7, 11) is 0. The molecule has 0 aliphatic rings. The van der Waals surface area contributed by atoms with E-state index in [1.807, 2.05) is 35.2 Å². The average molecular weight is 363 g/mol. The van der Waals surface area contributed by atoms with Crippen LogP contribution in [-0.4, -0.2) is 34.3 Å². The lowest BCUT2D eigenvalue weighted by Gasteiger charge is -2.21. The Labute approximate surface area is 158 Å². The second-order valence-corrected chi connectivity index (χ2v) is 5.64. The third kappa shape index (κ3) is 4.58. The first-order valence-corrected chi connectivity index (χ1v) is 8.77. The summed E-state index contributed by atoms with van der Waals surface area (Å²) < 4.78 is 4.98. The first-order valence-electron chi connectivity index (χ1n) is 8.77. The number of carbonyl (C=O) groups is 1. The Morgan fingerprint density at radius 1 is 1.07 bits per heavy atom. The molecule has 7 heteroatoms. The van der Waals surface area contributed by atoms with Crippen LogP contribution in [0.4, 0.5) is 23.1 Å². The number of esters is 1. The molecule has 7 nitrogen and oxygen atoms in total. The SMILES string of the molecule is CCOC(=O)c1ccc(Nc2nncc(N(CC)c3ccccc3)n2)cc1. The molecule has 27 heavy (non-hydrogen) atoms. The van der Waals surface area contributed by atoms with Gasteiger partial charge in [-0.2, -0.15) is 10.1 Å². The zero-order valence-electron chi connectivity index (χ0n) is 15.3. The molecular weight excluding hydrogens is 342 g/mol. The van der Waals surface area contributed by atoms with E-state index >= 15 is 0 Å². The Hall–Kier alpha value is -3.48. The van der Waals surface area contributed by atoms with Crippen LogP contribution in [0.25, 0.3) is 0 Å². The number of nitrogens with zero attached hydrogens (tertiary/aromatic N) is 4. The minimum absolute atomic E-state index is 0.342. The van der Waals surface area contributed by atoms with Crippen molar-refractivity contribution in [1.29, 1.82) is 0 Å². The quantitative estimate of drug-likeness (QED) is 0.637. The van der Waals surface area contributed by atoms with E-state index in [2.05, 4.69) is 27.4 Å². The van der Waals surface area contributed by atoms with E-state index in [1.54, 1.807) is 37.4 Å². The van der Waals surface area contributed by atoms with Gasteiger partial charge in [-0.15, -0.1) is 5.10 Å². The highest BCUT2D eigenvalue weighted by atomic mass is 16.5. The Kier molecular flexibility index (Phi) is 5.94.